The van der Waals surface area contributed by atoms with Crippen LogP contribution in [0.25, 0.3) is 5.95 Å². The average molecular weight is 363 g/mol. The Morgan fingerprint density at radius 2 is 1.81 bits per heavy atom. The van der Waals surface area contributed by atoms with E-state index in [1.807, 2.05) is 4.90 Å². The predicted octanol–water partition coefficient (Wildman–Crippen LogP) is 1.57. The first-order chi connectivity index (χ1) is 12.3. The first-order valence-electron chi connectivity index (χ1n) is 8.48. The quantitative estimate of drug-likeness (QED) is 0.677. The summed E-state index contributed by atoms with van der Waals surface area (Å²) in [5.74, 6) is 0.145. The Bertz CT molecular complexity index is 765. The molecule has 2 aromatic heterocycles. The first-order valence-corrected chi connectivity index (χ1v) is 8.48. The number of ether oxygens (including phenoxy) is 2. The molecule has 0 spiro atoms. The molecule has 0 aliphatic heterocycles. The maximum absolute atomic E-state index is 12.0. The topological polar surface area (TPSA) is 108 Å². The zero-order valence-corrected chi connectivity index (χ0v) is 16.2. The molecule has 0 fully saturated rings. The molecule has 0 unspecified atom stereocenters. The molecule has 26 heavy (non-hydrogen) atoms. The highest BCUT2D eigenvalue weighted by molar-refractivity contribution is 5.88. The number of hydrogen-bond acceptors (Lipinski definition) is 9. The third-order valence-electron chi connectivity index (χ3n) is 3.67. The van der Waals surface area contributed by atoms with E-state index in [2.05, 4.69) is 53.0 Å². The lowest BCUT2D eigenvalue weighted by Crippen LogP contribution is -2.38. The molecule has 0 atom stereocenters. The Labute approximate surface area is 152 Å². The Morgan fingerprint density at radius 3 is 2.35 bits per heavy atom. The third-order valence-corrected chi connectivity index (χ3v) is 3.67. The summed E-state index contributed by atoms with van der Waals surface area (Å²) in [6.07, 6.45) is 0. The van der Waals surface area contributed by atoms with Crippen LogP contribution in [0, 0.1) is 6.92 Å². The molecule has 2 aromatic rings. The van der Waals surface area contributed by atoms with Crippen molar-refractivity contribution >= 4 is 11.9 Å². The van der Waals surface area contributed by atoms with Gasteiger partial charge in [0.05, 0.1) is 19.4 Å². The van der Waals surface area contributed by atoms with Gasteiger partial charge in [-0.2, -0.15) is 19.6 Å². The van der Waals surface area contributed by atoms with Crippen molar-refractivity contribution in [3.05, 3.63) is 11.4 Å². The van der Waals surface area contributed by atoms with Crippen molar-refractivity contribution in [1.29, 1.82) is 0 Å². The fourth-order valence-electron chi connectivity index (χ4n) is 2.60. The summed E-state index contributed by atoms with van der Waals surface area (Å²) in [6, 6.07) is 0.493. The van der Waals surface area contributed by atoms with E-state index in [4.69, 9.17) is 9.47 Å². The molecule has 0 aromatic carbocycles. The van der Waals surface area contributed by atoms with Crippen molar-refractivity contribution in [3.8, 4) is 12.0 Å². The van der Waals surface area contributed by atoms with Crippen LogP contribution in [0.5, 0.6) is 6.01 Å². The maximum Gasteiger partial charge on any atom is 0.360 e. The minimum absolute atomic E-state index is 0.123. The number of hydrogen-bond donors (Lipinski definition) is 0. The van der Waals surface area contributed by atoms with Gasteiger partial charge < -0.3 is 14.4 Å². The van der Waals surface area contributed by atoms with Crippen molar-refractivity contribution in [1.82, 2.24) is 29.9 Å². The molecular formula is C16H25N7O3. The normalized spacial score (nSPS) is 11.1. The summed E-state index contributed by atoms with van der Waals surface area (Å²) in [5.41, 5.74) is 0.598. The second kappa shape index (κ2) is 8.07. The summed E-state index contributed by atoms with van der Waals surface area (Å²) in [7, 11) is 1.48. The van der Waals surface area contributed by atoms with E-state index in [1.165, 1.54) is 11.8 Å². The van der Waals surface area contributed by atoms with Gasteiger partial charge >= 0.3 is 12.0 Å². The van der Waals surface area contributed by atoms with Crippen molar-refractivity contribution in [2.45, 2.75) is 53.6 Å². The van der Waals surface area contributed by atoms with E-state index in [0.717, 1.165) is 0 Å². The lowest BCUT2D eigenvalue weighted by atomic mass is 10.2. The van der Waals surface area contributed by atoms with Gasteiger partial charge in [0.15, 0.2) is 5.69 Å². The predicted molar refractivity (Wildman–Crippen MR) is 94.7 cm³/mol. The molecule has 0 bridgehead atoms. The number of anilines is 1. The molecule has 0 radical (unpaired) electrons. The summed E-state index contributed by atoms with van der Waals surface area (Å²) in [5, 5.41) is 7.89. The lowest BCUT2D eigenvalue weighted by molar-refractivity contribution is 0.0518. The van der Waals surface area contributed by atoms with Crippen molar-refractivity contribution in [2.24, 2.45) is 0 Å². The number of esters is 1. The molecule has 0 amide bonds. The molecule has 2 rings (SSSR count). The molecule has 2 heterocycles. The van der Waals surface area contributed by atoms with Crippen LogP contribution in [0.3, 0.4) is 0 Å². The first kappa shape index (κ1) is 19.5. The van der Waals surface area contributed by atoms with Gasteiger partial charge in [0.25, 0.3) is 5.95 Å². The van der Waals surface area contributed by atoms with Crippen molar-refractivity contribution in [3.63, 3.8) is 0 Å². The molecule has 142 valence electrons. The van der Waals surface area contributed by atoms with Crippen LogP contribution in [-0.4, -0.2) is 61.7 Å². The zero-order valence-electron chi connectivity index (χ0n) is 16.2. The summed E-state index contributed by atoms with van der Waals surface area (Å²) >= 11 is 0. The monoisotopic (exact) mass is 363 g/mol. The number of carbonyl (C=O) groups excluding carboxylic acids is 1. The van der Waals surface area contributed by atoms with Gasteiger partial charge in [0, 0.05) is 12.1 Å². The van der Waals surface area contributed by atoms with Gasteiger partial charge in [0.1, 0.15) is 0 Å². The molecule has 0 saturated carbocycles. The number of methoxy groups -OCH3 is 1. The summed E-state index contributed by atoms with van der Waals surface area (Å²) < 4.78 is 11.6. The van der Waals surface area contributed by atoms with Gasteiger partial charge in [-0.15, -0.1) is 5.10 Å². The fourth-order valence-corrected chi connectivity index (χ4v) is 2.60. The molecule has 10 heteroatoms. The minimum atomic E-state index is -0.538. The van der Waals surface area contributed by atoms with Crippen LogP contribution >= 0.6 is 0 Å². The Balaban J connectivity index is 2.54. The van der Waals surface area contributed by atoms with Crippen LogP contribution in [0.15, 0.2) is 0 Å². The van der Waals surface area contributed by atoms with Crippen LogP contribution in [0.4, 0.5) is 5.95 Å². The standard InChI is InChI=1S/C16H25N7O3/c1-8-26-13(24)12-11(6)23(21-20-12)15-17-14(18-16(19-15)25-7)22(9(2)3)10(4)5/h9-10H,8H2,1-7H3. The maximum atomic E-state index is 12.0. The highest BCUT2D eigenvalue weighted by Crippen LogP contribution is 2.20. The zero-order chi connectivity index (χ0) is 19.4. The van der Waals surface area contributed by atoms with Gasteiger partial charge in [-0.1, -0.05) is 5.21 Å². The molecule has 0 aliphatic rings. The summed E-state index contributed by atoms with van der Waals surface area (Å²) in [6.45, 7) is 11.9. The number of rotatable bonds is 7. The molecule has 0 N–H and O–H groups in total. The SMILES string of the molecule is CCOC(=O)c1nnn(-c2nc(OC)nc(N(C(C)C)C(C)C)n2)c1C. The Kier molecular flexibility index (Phi) is 6.06. The van der Waals surface area contributed by atoms with E-state index in [-0.39, 0.29) is 36.3 Å². The second-order valence-corrected chi connectivity index (χ2v) is 6.17. The smallest absolute Gasteiger partial charge is 0.360 e. The van der Waals surface area contributed by atoms with E-state index >= 15 is 0 Å². The van der Waals surface area contributed by atoms with Crippen molar-refractivity contribution < 1.29 is 14.3 Å². The second-order valence-electron chi connectivity index (χ2n) is 6.17. The van der Waals surface area contributed by atoms with Gasteiger partial charge in [0.2, 0.25) is 5.95 Å². The molecule has 0 saturated heterocycles. The van der Waals surface area contributed by atoms with E-state index < -0.39 is 5.97 Å². The molecule has 10 nitrogen and oxygen atoms in total. The van der Waals surface area contributed by atoms with Gasteiger partial charge in [-0.05, 0) is 41.5 Å². The number of nitrogens with zero attached hydrogens (tertiary/aromatic N) is 7. The fraction of sp³-hybridized carbons (Fsp3) is 0.625. The van der Waals surface area contributed by atoms with Crippen LogP contribution in [0.1, 0.15) is 50.8 Å². The Hall–Kier alpha value is -2.78. The number of aromatic nitrogens is 6. The van der Waals surface area contributed by atoms with Gasteiger partial charge in [-0.3, -0.25) is 0 Å². The number of carbonyl (C=O) groups is 1. The Morgan fingerprint density at radius 1 is 1.15 bits per heavy atom. The van der Waals surface area contributed by atoms with E-state index in [9.17, 15) is 4.79 Å². The van der Waals surface area contributed by atoms with Crippen molar-refractivity contribution in [2.75, 3.05) is 18.6 Å². The van der Waals surface area contributed by atoms with Gasteiger partial charge in [-0.25, -0.2) is 4.79 Å². The van der Waals surface area contributed by atoms with Crippen LogP contribution in [-0.2, 0) is 4.74 Å². The third kappa shape index (κ3) is 3.89. The highest BCUT2D eigenvalue weighted by Gasteiger charge is 2.23. The van der Waals surface area contributed by atoms with E-state index in [0.29, 0.717) is 11.6 Å². The van der Waals surface area contributed by atoms with Crippen LogP contribution < -0.4 is 9.64 Å². The largest absolute Gasteiger partial charge is 0.467 e. The van der Waals surface area contributed by atoms with E-state index in [1.54, 1.807) is 13.8 Å². The average Bonchev–Trinajstić information content (AvgIpc) is 2.95. The molecular weight excluding hydrogens is 338 g/mol. The highest BCUT2D eigenvalue weighted by atomic mass is 16.5. The minimum Gasteiger partial charge on any atom is -0.467 e. The molecule has 0 aliphatic carbocycles. The summed E-state index contributed by atoms with van der Waals surface area (Å²) in [4.78, 5) is 27.1. The lowest BCUT2D eigenvalue weighted by Gasteiger charge is -2.30. The van der Waals surface area contributed by atoms with Crippen LogP contribution in [0.2, 0.25) is 0 Å².